The average Bonchev–Trinajstić information content (AvgIpc) is 3.38. The number of pyridine rings is 1. The molecule has 206 valence electrons. The molecular weight excluding hydrogens is 490 g/mol. The fourth-order valence-electron chi connectivity index (χ4n) is 4.61. The number of hydrogen-bond acceptors (Lipinski definition) is 5. The van der Waals surface area contributed by atoms with E-state index in [0.717, 1.165) is 33.7 Å². The molecule has 0 aliphatic carbocycles. The average molecular weight is 536 g/mol. The quantitative estimate of drug-likeness (QED) is 0.0888. The molecule has 0 aliphatic rings. The van der Waals surface area contributed by atoms with Crippen LogP contribution in [-0.4, -0.2) is 17.1 Å². The minimum atomic E-state index is -0.0427. The topological polar surface area (TPSA) is 67.5 Å². The van der Waals surface area contributed by atoms with Crippen LogP contribution in [0.2, 0.25) is 0 Å². The lowest BCUT2D eigenvalue weighted by molar-refractivity contribution is -0.121. The van der Waals surface area contributed by atoms with Gasteiger partial charge in [0.2, 0.25) is 5.91 Å². The van der Waals surface area contributed by atoms with Gasteiger partial charge < -0.3 is 4.42 Å². The molecule has 1 aromatic carbocycles. The van der Waals surface area contributed by atoms with E-state index in [-0.39, 0.29) is 5.91 Å². The fourth-order valence-corrected chi connectivity index (χ4v) is 5.51. The number of amides is 1. The number of hydrogen-bond donors (Lipinski definition) is 1. The number of nitrogens with one attached hydrogen (secondary N) is 1. The predicted octanol–water partition coefficient (Wildman–Crippen LogP) is 9.69. The Labute approximate surface area is 233 Å². The number of nitrogens with zero attached hydrogens (tertiary/aromatic N) is 2. The number of para-hydroxylation sites is 1. The van der Waals surface area contributed by atoms with Gasteiger partial charge in [-0.2, -0.15) is 5.10 Å². The Balaban J connectivity index is 1.19. The van der Waals surface area contributed by atoms with Crippen LogP contribution in [0.1, 0.15) is 115 Å². The van der Waals surface area contributed by atoms with Crippen molar-refractivity contribution in [3.8, 4) is 0 Å². The summed E-state index contributed by atoms with van der Waals surface area (Å²) in [6.07, 6.45) is 23.7. The third-order valence-corrected chi connectivity index (χ3v) is 7.77. The molecule has 5 nitrogen and oxygen atoms in total. The van der Waals surface area contributed by atoms with Crippen molar-refractivity contribution in [2.45, 2.75) is 120 Å². The maximum atomic E-state index is 12.1. The second-order valence-corrected chi connectivity index (χ2v) is 11.1. The van der Waals surface area contributed by atoms with Crippen LogP contribution < -0.4 is 5.43 Å². The van der Waals surface area contributed by atoms with Gasteiger partial charge in [0.1, 0.15) is 5.76 Å². The van der Waals surface area contributed by atoms with Gasteiger partial charge in [0.15, 0.2) is 5.09 Å². The summed E-state index contributed by atoms with van der Waals surface area (Å²) < 4.78 is 5.84. The molecule has 2 heterocycles. The third kappa shape index (κ3) is 11.8. The summed E-state index contributed by atoms with van der Waals surface area (Å²) in [5.74, 6) is 0.562. The largest absolute Gasteiger partial charge is 0.448 e. The zero-order chi connectivity index (χ0) is 26.7. The van der Waals surface area contributed by atoms with E-state index in [2.05, 4.69) is 34.6 Å². The van der Waals surface area contributed by atoms with Gasteiger partial charge in [-0.15, -0.1) is 0 Å². The molecule has 0 atom stereocenters. The second-order valence-electron chi connectivity index (χ2n) is 10.1. The molecular formula is C32H45N3O2S. The summed E-state index contributed by atoms with van der Waals surface area (Å²) >= 11 is 1.53. The summed E-state index contributed by atoms with van der Waals surface area (Å²) in [6, 6.07) is 13.9. The first-order valence-electron chi connectivity index (χ1n) is 14.7. The lowest BCUT2D eigenvalue weighted by atomic mass is 10.0. The molecule has 1 N–H and O–H groups in total. The van der Waals surface area contributed by atoms with Crippen molar-refractivity contribution in [3.63, 3.8) is 0 Å². The molecule has 38 heavy (non-hydrogen) atoms. The number of aromatic nitrogens is 1. The highest BCUT2D eigenvalue weighted by Gasteiger charge is 2.07. The molecule has 0 radical (unpaired) electrons. The first kappa shape index (κ1) is 29.9. The standard InChI is InChI=1S/C32H45N3O2S/c1-2-3-4-5-6-7-8-9-10-11-12-13-14-15-16-22-30(36)35-34-26-28-23-24-31(37-28)38-29-21-17-19-27-20-18-25-33-32(27)29/h17-21,23-26H,2-16,22H2,1H3,(H,35,36)/b34-26+. The maximum Gasteiger partial charge on any atom is 0.240 e. The Kier molecular flexibility index (Phi) is 14.7. The summed E-state index contributed by atoms with van der Waals surface area (Å²) in [7, 11) is 0. The van der Waals surface area contributed by atoms with Crippen molar-refractivity contribution in [2.24, 2.45) is 5.10 Å². The maximum absolute atomic E-state index is 12.1. The van der Waals surface area contributed by atoms with Gasteiger partial charge in [-0.25, -0.2) is 5.43 Å². The molecule has 3 rings (SSSR count). The summed E-state index contributed by atoms with van der Waals surface area (Å²) in [4.78, 5) is 17.6. The molecule has 0 bridgehead atoms. The fraction of sp³-hybridized carbons (Fsp3) is 0.531. The first-order valence-corrected chi connectivity index (χ1v) is 15.5. The monoisotopic (exact) mass is 535 g/mol. The van der Waals surface area contributed by atoms with Gasteiger partial charge in [-0.3, -0.25) is 9.78 Å². The number of hydrazone groups is 1. The molecule has 0 fully saturated rings. The summed E-state index contributed by atoms with van der Waals surface area (Å²) in [5.41, 5.74) is 3.57. The van der Waals surface area contributed by atoms with Crippen molar-refractivity contribution in [1.82, 2.24) is 10.4 Å². The zero-order valence-corrected chi connectivity index (χ0v) is 23.9. The van der Waals surface area contributed by atoms with Crippen LogP contribution in [0.4, 0.5) is 0 Å². The molecule has 0 aliphatic heterocycles. The van der Waals surface area contributed by atoms with Crippen molar-refractivity contribution in [1.29, 1.82) is 0 Å². The SMILES string of the molecule is CCCCCCCCCCCCCCCCCC(=O)N/N=C/c1ccc(Sc2cccc3cccnc23)o1. The Morgan fingerprint density at radius 3 is 2.16 bits per heavy atom. The van der Waals surface area contributed by atoms with E-state index in [1.165, 1.54) is 95.2 Å². The van der Waals surface area contributed by atoms with Crippen LogP contribution in [0, 0.1) is 0 Å². The van der Waals surface area contributed by atoms with Crippen LogP contribution in [0.25, 0.3) is 10.9 Å². The lowest BCUT2D eigenvalue weighted by Gasteiger charge is -2.03. The molecule has 3 aromatic rings. The Hall–Kier alpha value is -2.60. The number of carbonyl (C=O) groups excluding carboxylic acids is 1. The van der Waals surface area contributed by atoms with Gasteiger partial charge in [-0.1, -0.05) is 115 Å². The van der Waals surface area contributed by atoms with Crippen molar-refractivity contribution in [3.05, 3.63) is 54.4 Å². The van der Waals surface area contributed by atoms with E-state index in [1.54, 1.807) is 12.4 Å². The first-order chi connectivity index (χ1) is 18.8. The van der Waals surface area contributed by atoms with Crippen LogP contribution in [-0.2, 0) is 4.79 Å². The number of benzene rings is 1. The van der Waals surface area contributed by atoms with E-state index >= 15 is 0 Å². The van der Waals surface area contributed by atoms with Crippen LogP contribution >= 0.6 is 11.8 Å². The Morgan fingerprint density at radius 1 is 0.842 bits per heavy atom. The molecule has 6 heteroatoms. The molecule has 0 saturated carbocycles. The third-order valence-electron chi connectivity index (χ3n) is 6.80. The zero-order valence-electron chi connectivity index (χ0n) is 23.1. The van der Waals surface area contributed by atoms with Crippen LogP contribution in [0.15, 0.2) is 68.2 Å². The molecule has 0 spiro atoms. The smallest absolute Gasteiger partial charge is 0.240 e. The number of furan rings is 1. The lowest BCUT2D eigenvalue weighted by Crippen LogP contribution is -2.16. The van der Waals surface area contributed by atoms with Gasteiger partial charge in [0.05, 0.1) is 11.7 Å². The van der Waals surface area contributed by atoms with Gasteiger partial charge >= 0.3 is 0 Å². The van der Waals surface area contributed by atoms with Crippen molar-refractivity contribution in [2.75, 3.05) is 0 Å². The number of carbonyl (C=O) groups is 1. The van der Waals surface area contributed by atoms with E-state index in [9.17, 15) is 4.79 Å². The highest BCUT2D eigenvalue weighted by molar-refractivity contribution is 7.99. The number of unbranched alkanes of at least 4 members (excludes halogenated alkanes) is 14. The highest BCUT2D eigenvalue weighted by Crippen LogP contribution is 2.33. The predicted molar refractivity (Wildman–Crippen MR) is 160 cm³/mol. The Bertz CT molecular complexity index is 1090. The van der Waals surface area contributed by atoms with E-state index < -0.39 is 0 Å². The van der Waals surface area contributed by atoms with Gasteiger partial charge in [0.25, 0.3) is 0 Å². The van der Waals surface area contributed by atoms with Crippen LogP contribution in [0.5, 0.6) is 0 Å². The molecule has 1 amide bonds. The minimum absolute atomic E-state index is 0.0427. The van der Waals surface area contributed by atoms with E-state index in [0.29, 0.717) is 12.2 Å². The van der Waals surface area contributed by atoms with E-state index in [1.807, 2.05) is 30.3 Å². The molecule has 0 unspecified atom stereocenters. The van der Waals surface area contributed by atoms with Gasteiger partial charge in [0, 0.05) is 22.9 Å². The summed E-state index contributed by atoms with van der Waals surface area (Å²) in [6.45, 7) is 2.28. The van der Waals surface area contributed by atoms with Gasteiger partial charge in [-0.05, 0) is 42.4 Å². The Morgan fingerprint density at radius 2 is 1.47 bits per heavy atom. The number of rotatable bonds is 20. The highest BCUT2D eigenvalue weighted by atomic mass is 32.2. The molecule has 0 saturated heterocycles. The van der Waals surface area contributed by atoms with Crippen LogP contribution in [0.3, 0.4) is 0 Å². The second kappa shape index (κ2) is 18.6. The minimum Gasteiger partial charge on any atom is -0.448 e. The van der Waals surface area contributed by atoms with Crippen molar-refractivity contribution < 1.29 is 9.21 Å². The summed E-state index contributed by atoms with van der Waals surface area (Å²) in [5, 5.41) is 5.92. The molecule has 2 aromatic heterocycles. The number of fused-ring (bicyclic) bond motifs is 1. The normalized spacial score (nSPS) is 11.5. The van der Waals surface area contributed by atoms with Crippen molar-refractivity contribution >= 4 is 34.8 Å². The van der Waals surface area contributed by atoms with E-state index in [4.69, 9.17) is 4.42 Å².